The van der Waals surface area contributed by atoms with Gasteiger partial charge >= 0.3 is 0 Å². The molecule has 1 heterocycles. The first-order valence-corrected chi connectivity index (χ1v) is 8.76. The van der Waals surface area contributed by atoms with Crippen molar-refractivity contribution >= 4 is 5.84 Å². The summed E-state index contributed by atoms with van der Waals surface area (Å²) in [6.45, 7) is 17.2. The maximum Gasteiger partial charge on any atom is 0.105 e. The van der Waals surface area contributed by atoms with Crippen LogP contribution in [0.25, 0.3) is 0 Å². The number of methoxy groups -OCH3 is 1. The monoisotopic (exact) mass is 308 g/mol. The number of hydrogen-bond donors (Lipinski definition) is 0. The van der Waals surface area contributed by atoms with Crippen molar-refractivity contribution in [2.45, 2.75) is 72.4 Å². The van der Waals surface area contributed by atoms with Gasteiger partial charge in [-0.1, -0.05) is 40.7 Å². The summed E-state index contributed by atoms with van der Waals surface area (Å²) in [6.07, 6.45) is 6.72. The molecule has 0 aromatic carbocycles. The Morgan fingerprint density at radius 1 is 1.36 bits per heavy atom. The SMILES string of the molecule is C=C[C@H](CCC(C)C)N=C(N1CCC[C@H]1COC)C(C)(C)C. The maximum atomic E-state index is 5.41. The lowest BCUT2D eigenvalue weighted by molar-refractivity contribution is 0.141. The van der Waals surface area contributed by atoms with Crippen LogP contribution < -0.4 is 0 Å². The Morgan fingerprint density at radius 2 is 2.05 bits per heavy atom. The van der Waals surface area contributed by atoms with E-state index in [1.165, 1.54) is 25.1 Å². The van der Waals surface area contributed by atoms with Crippen LogP contribution in [0.2, 0.25) is 0 Å². The molecule has 1 aliphatic heterocycles. The Hall–Kier alpha value is -0.830. The molecule has 0 bridgehead atoms. The van der Waals surface area contributed by atoms with Gasteiger partial charge in [0, 0.05) is 19.1 Å². The van der Waals surface area contributed by atoms with E-state index in [1.807, 2.05) is 6.08 Å². The van der Waals surface area contributed by atoms with E-state index in [0.29, 0.717) is 12.0 Å². The minimum absolute atomic E-state index is 0.0510. The average Bonchev–Trinajstić information content (AvgIpc) is 2.85. The zero-order chi connectivity index (χ0) is 16.8. The van der Waals surface area contributed by atoms with E-state index in [1.54, 1.807) is 7.11 Å². The topological polar surface area (TPSA) is 24.8 Å². The van der Waals surface area contributed by atoms with Gasteiger partial charge in [-0.15, -0.1) is 6.58 Å². The smallest absolute Gasteiger partial charge is 0.105 e. The van der Waals surface area contributed by atoms with Crippen LogP contribution in [0.4, 0.5) is 0 Å². The van der Waals surface area contributed by atoms with Crippen molar-refractivity contribution in [1.82, 2.24) is 4.90 Å². The van der Waals surface area contributed by atoms with Gasteiger partial charge in [-0.05, 0) is 31.6 Å². The maximum absolute atomic E-state index is 5.41. The van der Waals surface area contributed by atoms with Crippen LogP contribution in [0.3, 0.4) is 0 Å². The standard InChI is InChI=1S/C19H36N2O/c1-8-16(12-11-15(2)3)20-18(19(4,5)6)21-13-9-10-17(21)14-22-7/h8,15-17H,1,9-14H2,2-7H3/t16-,17+/m1/s1. The van der Waals surface area contributed by atoms with Crippen molar-refractivity contribution in [3.63, 3.8) is 0 Å². The predicted octanol–water partition coefficient (Wildman–Crippen LogP) is 4.53. The number of ether oxygens (including phenoxy) is 1. The molecule has 0 aromatic heterocycles. The highest BCUT2D eigenvalue weighted by Crippen LogP contribution is 2.28. The first-order valence-electron chi connectivity index (χ1n) is 8.76. The molecule has 0 unspecified atom stereocenters. The summed E-state index contributed by atoms with van der Waals surface area (Å²) >= 11 is 0. The van der Waals surface area contributed by atoms with Crippen molar-refractivity contribution in [1.29, 1.82) is 0 Å². The van der Waals surface area contributed by atoms with Gasteiger partial charge in [-0.25, -0.2) is 0 Å². The van der Waals surface area contributed by atoms with Crippen molar-refractivity contribution in [2.24, 2.45) is 16.3 Å². The van der Waals surface area contributed by atoms with Gasteiger partial charge < -0.3 is 9.64 Å². The van der Waals surface area contributed by atoms with Crippen LogP contribution in [0.1, 0.15) is 60.3 Å². The fraction of sp³-hybridized carbons (Fsp3) is 0.842. The molecule has 3 heteroatoms. The fourth-order valence-corrected chi connectivity index (χ4v) is 3.08. The summed E-state index contributed by atoms with van der Waals surface area (Å²) in [4.78, 5) is 7.60. The third-order valence-corrected chi connectivity index (χ3v) is 4.28. The number of rotatable bonds is 7. The lowest BCUT2D eigenvalue weighted by Crippen LogP contribution is -2.45. The highest BCUT2D eigenvalue weighted by atomic mass is 16.5. The van der Waals surface area contributed by atoms with E-state index in [2.05, 4.69) is 46.1 Å². The van der Waals surface area contributed by atoms with E-state index < -0.39 is 0 Å². The first kappa shape index (κ1) is 19.2. The number of hydrogen-bond acceptors (Lipinski definition) is 2. The van der Waals surface area contributed by atoms with Crippen LogP contribution in [0.5, 0.6) is 0 Å². The van der Waals surface area contributed by atoms with Crippen molar-refractivity contribution < 1.29 is 4.74 Å². The molecule has 0 saturated carbocycles. The molecule has 1 rings (SSSR count). The van der Waals surface area contributed by atoms with Crippen molar-refractivity contribution in [3.05, 3.63) is 12.7 Å². The van der Waals surface area contributed by atoms with Gasteiger partial charge in [0.05, 0.1) is 18.7 Å². The van der Waals surface area contributed by atoms with Gasteiger partial charge in [-0.2, -0.15) is 0 Å². The molecule has 1 saturated heterocycles. The van der Waals surface area contributed by atoms with Crippen LogP contribution in [0.15, 0.2) is 17.6 Å². The molecule has 0 amide bonds. The van der Waals surface area contributed by atoms with Crippen LogP contribution >= 0.6 is 0 Å². The third-order valence-electron chi connectivity index (χ3n) is 4.28. The number of likely N-dealkylation sites (tertiary alicyclic amines) is 1. The van der Waals surface area contributed by atoms with Crippen LogP contribution in [-0.4, -0.2) is 43.1 Å². The van der Waals surface area contributed by atoms with E-state index in [4.69, 9.17) is 9.73 Å². The molecule has 0 radical (unpaired) electrons. The molecule has 0 spiro atoms. The second-order valence-electron chi connectivity index (χ2n) is 7.92. The predicted molar refractivity (Wildman–Crippen MR) is 96.6 cm³/mol. The van der Waals surface area contributed by atoms with Gasteiger partial charge in [0.1, 0.15) is 5.84 Å². The lowest BCUT2D eigenvalue weighted by Gasteiger charge is -2.35. The van der Waals surface area contributed by atoms with Crippen molar-refractivity contribution in [2.75, 3.05) is 20.3 Å². The van der Waals surface area contributed by atoms with E-state index in [9.17, 15) is 0 Å². The second kappa shape index (κ2) is 8.71. The molecular formula is C19H36N2O. The minimum Gasteiger partial charge on any atom is -0.383 e. The Balaban J connectivity index is 2.95. The minimum atomic E-state index is 0.0510. The highest BCUT2D eigenvalue weighted by Gasteiger charge is 2.33. The summed E-state index contributed by atoms with van der Waals surface area (Å²) < 4.78 is 5.41. The normalized spacial score (nSPS) is 21.5. The molecule has 2 atom stereocenters. The summed E-state index contributed by atoms with van der Waals surface area (Å²) in [7, 11) is 1.79. The lowest BCUT2D eigenvalue weighted by atomic mass is 9.92. The van der Waals surface area contributed by atoms with Gasteiger partial charge in [-0.3, -0.25) is 4.99 Å². The largest absolute Gasteiger partial charge is 0.383 e. The van der Waals surface area contributed by atoms with Gasteiger partial charge in [0.2, 0.25) is 0 Å². The number of nitrogens with zero attached hydrogens (tertiary/aromatic N) is 2. The van der Waals surface area contributed by atoms with E-state index in [0.717, 1.165) is 19.6 Å². The molecule has 0 N–H and O–H groups in total. The quantitative estimate of drug-likeness (QED) is 0.392. The Bertz CT molecular complexity index is 368. The first-order chi connectivity index (χ1) is 10.3. The molecule has 0 aliphatic carbocycles. The molecule has 128 valence electrons. The summed E-state index contributed by atoms with van der Waals surface area (Å²) in [5.74, 6) is 1.93. The average molecular weight is 309 g/mol. The summed E-state index contributed by atoms with van der Waals surface area (Å²) in [5.41, 5.74) is 0.0510. The second-order valence-corrected chi connectivity index (χ2v) is 7.92. The summed E-state index contributed by atoms with van der Waals surface area (Å²) in [5, 5.41) is 0. The molecular weight excluding hydrogens is 272 g/mol. The van der Waals surface area contributed by atoms with Gasteiger partial charge in [0.15, 0.2) is 0 Å². The fourth-order valence-electron chi connectivity index (χ4n) is 3.08. The van der Waals surface area contributed by atoms with E-state index >= 15 is 0 Å². The van der Waals surface area contributed by atoms with Crippen LogP contribution in [0, 0.1) is 11.3 Å². The number of aliphatic imine (C=N–C) groups is 1. The zero-order valence-electron chi connectivity index (χ0n) is 15.6. The Labute approximate surface area is 137 Å². The van der Waals surface area contributed by atoms with E-state index in [-0.39, 0.29) is 11.5 Å². The third kappa shape index (κ3) is 5.75. The van der Waals surface area contributed by atoms with Crippen molar-refractivity contribution in [3.8, 4) is 0 Å². The molecule has 1 fully saturated rings. The van der Waals surface area contributed by atoms with Gasteiger partial charge in [0.25, 0.3) is 0 Å². The van der Waals surface area contributed by atoms with Crippen LogP contribution in [-0.2, 0) is 4.74 Å². The summed E-state index contributed by atoms with van der Waals surface area (Å²) in [6, 6.07) is 0.693. The number of amidine groups is 1. The molecule has 22 heavy (non-hydrogen) atoms. The molecule has 0 aromatic rings. The highest BCUT2D eigenvalue weighted by molar-refractivity contribution is 5.88. The Morgan fingerprint density at radius 3 is 2.55 bits per heavy atom. The Kier molecular flexibility index (Phi) is 7.61. The molecule has 1 aliphatic rings. The zero-order valence-corrected chi connectivity index (χ0v) is 15.6. The molecule has 3 nitrogen and oxygen atoms in total.